The molecule has 0 amide bonds. The molecule has 0 saturated carbocycles. The summed E-state index contributed by atoms with van der Waals surface area (Å²) in [5.74, 6) is -0.0696. The lowest BCUT2D eigenvalue weighted by molar-refractivity contribution is 0.282. The van der Waals surface area contributed by atoms with Crippen molar-refractivity contribution in [2.45, 2.75) is 25.8 Å². The molecule has 0 aromatic carbocycles. The van der Waals surface area contributed by atoms with E-state index in [1.165, 1.54) is 12.4 Å². The predicted molar refractivity (Wildman–Crippen MR) is 51.4 cm³/mol. The Morgan fingerprint density at radius 3 is 3.00 bits per heavy atom. The summed E-state index contributed by atoms with van der Waals surface area (Å²) in [5.41, 5.74) is 0. The van der Waals surface area contributed by atoms with Crippen LogP contribution in [-0.2, 0) is 0 Å². The van der Waals surface area contributed by atoms with E-state index in [-0.39, 0.29) is 12.6 Å². The van der Waals surface area contributed by atoms with Crippen LogP contribution in [0.5, 0.6) is 0 Å². The fraction of sp³-hybridized carbons (Fsp3) is 0.556. The molecule has 14 heavy (non-hydrogen) atoms. The van der Waals surface area contributed by atoms with Gasteiger partial charge in [0, 0.05) is 18.7 Å². The Morgan fingerprint density at radius 2 is 2.36 bits per heavy atom. The molecule has 0 radical (unpaired) electrons. The average Bonchev–Trinajstić information content (AvgIpc) is 2.15. The van der Waals surface area contributed by atoms with Gasteiger partial charge in [0.1, 0.15) is 12.1 Å². The molecular formula is C9H14FN3O. The highest BCUT2D eigenvalue weighted by Crippen LogP contribution is 2.07. The van der Waals surface area contributed by atoms with Crippen LogP contribution in [0.4, 0.5) is 10.2 Å². The van der Waals surface area contributed by atoms with Crippen molar-refractivity contribution < 1.29 is 9.50 Å². The van der Waals surface area contributed by atoms with Crippen LogP contribution in [0.15, 0.2) is 12.4 Å². The topological polar surface area (TPSA) is 58.0 Å². The largest absolute Gasteiger partial charge is 0.396 e. The van der Waals surface area contributed by atoms with E-state index in [1.807, 2.05) is 6.92 Å². The maximum absolute atomic E-state index is 12.6. The molecule has 1 unspecified atom stereocenters. The van der Waals surface area contributed by atoms with Crippen molar-refractivity contribution in [3.05, 3.63) is 18.3 Å². The number of nitrogens with zero attached hydrogens (tertiary/aromatic N) is 2. The molecule has 1 heterocycles. The Labute approximate surface area is 82.2 Å². The summed E-state index contributed by atoms with van der Waals surface area (Å²) in [6.07, 6.45) is 2.72. The molecule has 0 aliphatic carbocycles. The fourth-order valence-corrected chi connectivity index (χ4v) is 1.13. The number of aliphatic hydroxyl groups excluding tert-OH is 1. The summed E-state index contributed by atoms with van der Waals surface area (Å²) in [6, 6.07) is 1.41. The Balaban J connectivity index is 2.43. The zero-order valence-electron chi connectivity index (χ0n) is 8.07. The highest BCUT2D eigenvalue weighted by molar-refractivity contribution is 5.33. The van der Waals surface area contributed by atoms with Crippen molar-refractivity contribution in [3.63, 3.8) is 0 Å². The van der Waals surface area contributed by atoms with E-state index in [0.29, 0.717) is 5.82 Å². The lowest BCUT2D eigenvalue weighted by atomic mass is 10.2. The smallest absolute Gasteiger partial charge is 0.217 e. The van der Waals surface area contributed by atoms with Crippen LogP contribution in [0, 0.1) is 5.95 Å². The van der Waals surface area contributed by atoms with Gasteiger partial charge in [0.2, 0.25) is 5.95 Å². The Kier molecular flexibility index (Phi) is 4.25. The van der Waals surface area contributed by atoms with E-state index in [2.05, 4.69) is 15.3 Å². The number of anilines is 1. The van der Waals surface area contributed by atoms with E-state index >= 15 is 0 Å². The number of aliphatic hydroxyl groups is 1. The molecule has 0 spiro atoms. The zero-order chi connectivity index (χ0) is 10.4. The van der Waals surface area contributed by atoms with Gasteiger partial charge >= 0.3 is 0 Å². The number of hydrogen-bond donors (Lipinski definition) is 2. The molecule has 1 aromatic heterocycles. The number of rotatable bonds is 5. The second-order valence-electron chi connectivity index (χ2n) is 3.14. The maximum atomic E-state index is 12.6. The van der Waals surface area contributed by atoms with Gasteiger partial charge in [-0.1, -0.05) is 0 Å². The Morgan fingerprint density at radius 1 is 1.57 bits per heavy atom. The molecule has 0 bridgehead atoms. The quantitative estimate of drug-likeness (QED) is 0.699. The number of hydrogen-bond acceptors (Lipinski definition) is 4. The predicted octanol–water partition coefficient (Wildman–Crippen LogP) is 1.19. The van der Waals surface area contributed by atoms with Crippen molar-refractivity contribution >= 4 is 5.82 Å². The van der Waals surface area contributed by atoms with E-state index < -0.39 is 5.95 Å². The van der Waals surface area contributed by atoms with Crippen LogP contribution in [-0.4, -0.2) is 27.7 Å². The van der Waals surface area contributed by atoms with Gasteiger partial charge in [-0.25, -0.2) is 9.97 Å². The molecule has 1 atom stereocenters. The van der Waals surface area contributed by atoms with E-state index in [9.17, 15) is 4.39 Å². The summed E-state index contributed by atoms with van der Waals surface area (Å²) in [5, 5.41) is 11.6. The molecule has 4 nitrogen and oxygen atoms in total. The van der Waals surface area contributed by atoms with Gasteiger partial charge in [-0.3, -0.25) is 0 Å². The third kappa shape index (κ3) is 3.66. The summed E-state index contributed by atoms with van der Waals surface area (Å²) >= 11 is 0. The Bertz CT molecular complexity index is 283. The van der Waals surface area contributed by atoms with Gasteiger partial charge in [-0.05, 0) is 19.8 Å². The second kappa shape index (κ2) is 5.49. The van der Waals surface area contributed by atoms with Gasteiger partial charge in [-0.15, -0.1) is 0 Å². The number of halogens is 1. The molecular weight excluding hydrogens is 185 g/mol. The van der Waals surface area contributed by atoms with Gasteiger partial charge in [0.05, 0.1) is 0 Å². The summed E-state index contributed by atoms with van der Waals surface area (Å²) in [7, 11) is 0. The first kappa shape index (κ1) is 10.8. The van der Waals surface area contributed by atoms with E-state index in [1.54, 1.807) is 0 Å². The van der Waals surface area contributed by atoms with Crippen LogP contribution in [0.1, 0.15) is 19.8 Å². The standard InChI is InChI=1S/C9H14FN3O/c1-7(3-2-4-14)13-9-5-8(10)11-6-12-9/h5-7,14H,2-4H2,1H3,(H,11,12,13). The first-order chi connectivity index (χ1) is 6.72. The number of nitrogens with one attached hydrogen (secondary N) is 1. The highest BCUT2D eigenvalue weighted by Gasteiger charge is 2.03. The molecule has 5 heteroatoms. The molecule has 1 aromatic rings. The normalized spacial score (nSPS) is 12.5. The lowest BCUT2D eigenvalue weighted by Gasteiger charge is -2.13. The van der Waals surface area contributed by atoms with Gasteiger partial charge in [-0.2, -0.15) is 4.39 Å². The molecule has 0 saturated heterocycles. The lowest BCUT2D eigenvalue weighted by Crippen LogP contribution is -2.16. The zero-order valence-corrected chi connectivity index (χ0v) is 8.07. The highest BCUT2D eigenvalue weighted by atomic mass is 19.1. The maximum Gasteiger partial charge on any atom is 0.217 e. The number of aromatic nitrogens is 2. The minimum Gasteiger partial charge on any atom is -0.396 e. The van der Waals surface area contributed by atoms with Crippen molar-refractivity contribution in [3.8, 4) is 0 Å². The molecule has 0 aliphatic heterocycles. The van der Waals surface area contributed by atoms with E-state index in [4.69, 9.17) is 5.11 Å². The Hall–Kier alpha value is -1.23. The molecule has 2 N–H and O–H groups in total. The van der Waals surface area contributed by atoms with Crippen molar-refractivity contribution in [2.75, 3.05) is 11.9 Å². The molecule has 0 fully saturated rings. The van der Waals surface area contributed by atoms with Gasteiger partial charge < -0.3 is 10.4 Å². The minimum absolute atomic E-state index is 0.163. The first-order valence-corrected chi connectivity index (χ1v) is 4.57. The van der Waals surface area contributed by atoms with Crippen LogP contribution >= 0.6 is 0 Å². The van der Waals surface area contributed by atoms with Crippen LogP contribution in [0.2, 0.25) is 0 Å². The summed E-state index contributed by atoms with van der Waals surface area (Å²) in [4.78, 5) is 7.21. The van der Waals surface area contributed by atoms with Gasteiger partial charge in [0.15, 0.2) is 0 Å². The SMILES string of the molecule is CC(CCCO)Nc1cc(F)ncn1. The summed E-state index contributed by atoms with van der Waals surface area (Å²) < 4.78 is 12.6. The fourth-order valence-electron chi connectivity index (χ4n) is 1.13. The molecule has 1 rings (SSSR count). The van der Waals surface area contributed by atoms with E-state index in [0.717, 1.165) is 12.8 Å². The van der Waals surface area contributed by atoms with Crippen LogP contribution in [0.25, 0.3) is 0 Å². The van der Waals surface area contributed by atoms with Crippen LogP contribution < -0.4 is 5.32 Å². The monoisotopic (exact) mass is 199 g/mol. The first-order valence-electron chi connectivity index (χ1n) is 4.57. The van der Waals surface area contributed by atoms with Crippen molar-refractivity contribution in [1.82, 2.24) is 9.97 Å². The average molecular weight is 199 g/mol. The molecule has 0 aliphatic rings. The van der Waals surface area contributed by atoms with Gasteiger partial charge in [0.25, 0.3) is 0 Å². The summed E-state index contributed by atoms with van der Waals surface area (Å²) in [6.45, 7) is 2.12. The third-order valence-electron chi connectivity index (χ3n) is 1.82. The van der Waals surface area contributed by atoms with Crippen molar-refractivity contribution in [2.24, 2.45) is 0 Å². The van der Waals surface area contributed by atoms with Crippen LogP contribution in [0.3, 0.4) is 0 Å². The van der Waals surface area contributed by atoms with Crippen molar-refractivity contribution in [1.29, 1.82) is 0 Å². The third-order valence-corrected chi connectivity index (χ3v) is 1.82. The minimum atomic E-state index is -0.545. The molecule has 78 valence electrons. The second-order valence-corrected chi connectivity index (χ2v) is 3.14.